The number of nitrogens with one attached hydrogen (secondary N) is 1. The molecular weight excluding hydrogens is 444 g/mol. The average molecular weight is 465 g/mol. The first kappa shape index (κ1) is 20.7. The molecule has 0 saturated carbocycles. The standard InChI is InChI=1S/C24H21ClN4O2S/c1-14-19-12-22(32-24(19)29(27-14)13-17-5-3-4-6-20(17)25)23(31)26-18-7-8-21-16(11-18)9-10-28(21)15(2)30/h3-8,11-12H,9-10,13H2,1-2H3,(H,26,31). The highest BCUT2D eigenvalue weighted by atomic mass is 35.5. The van der Waals surface area contributed by atoms with Crippen LogP contribution >= 0.6 is 22.9 Å². The lowest BCUT2D eigenvalue weighted by atomic mass is 10.1. The number of aryl methyl sites for hydroxylation is 1. The quantitative estimate of drug-likeness (QED) is 0.447. The van der Waals surface area contributed by atoms with Crippen LogP contribution in [0, 0.1) is 6.92 Å². The van der Waals surface area contributed by atoms with Crippen molar-refractivity contribution < 1.29 is 9.59 Å². The number of hydrogen-bond acceptors (Lipinski definition) is 4. The summed E-state index contributed by atoms with van der Waals surface area (Å²) in [7, 11) is 0. The van der Waals surface area contributed by atoms with E-state index >= 15 is 0 Å². The molecule has 1 aliphatic heterocycles. The number of nitrogens with zero attached hydrogens (tertiary/aromatic N) is 3. The zero-order chi connectivity index (χ0) is 22.4. The Balaban J connectivity index is 1.39. The summed E-state index contributed by atoms with van der Waals surface area (Å²) >= 11 is 7.74. The molecule has 0 spiro atoms. The smallest absolute Gasteiger partial charge is 0.265 e. The molecule has 1 N–H and O–H groups in total. The van der Waals surface area contributed by atoms with E-state index in [-0.39, 0.29) is 11.8 Å². The monoisotopic (exact) mass is 464 g/mol. The summed E-state index contributed by atoms with van der Waals surface area (Å²) in [5, 5.41) is 9.30. The number of halogens is 1. The molecule has 0 aliphatic carbocycles. The van der Waals surface area contributed by atoms with Crippen molar-refractivity contribution in [3.8, 4) is 0 Å². The maximum atomic E-state index is 13.0. The number of carbonyl (C=O) groups is 2. The summed E-state index contributed by atoms with van der Waals surface area (Å²) in [6.45, 7) is 4.74. The lowest BCUT2D eigenvalue weighted by Gasteiger charge is -2.15. The van der Waals surface area contributed by atoms with Gasteiger partial charge in [-0.05, 0) is 54.8 Å². The average Bonchev–Trinajstić information content (AvgIpc) is 3.45. The van der Waals surface area contributed by atoms with Crippen LogP contribution in [0.4, 0.5) is 11.4 Å². The Kier molecular flexibility index (Phi) is 5.23. The van der Waals surface area contributed by atoms with Crippen LogP contribution in [0.25, 0.3) is 10.2 Å². The number of rotatable bonds is 4. The van der Waals surface area contributed by atoms with Crippen molar-refractivity contribution in [1.29, 1.82) is 0 Å². The molecule has 0 saturated heterocycles. The summed E-state index contributed by atoms with van der Waals surface area (Å²) in [6, 6.07) is 15.3. The van der Waals surface area contributed by atoms with Gasteiger partial charge in [0.15, 0.2) is 0 Å². The van der Waals surface area contributed by atoms with Gasteiger partial charge < -0.3 is 10.2 Å². The van der Waals surface area contributed by atoms with Gasteiger partial charge in [0.05, 0.1) is 17.1 Å². The molecule has 5 rings (SSSR count). The molecule has 2 aromatic heterocycles. The fourth-order valence-electron chi connectivity index (χ4n) is 4.12. The number of anilines is 2. The predicted molar refractivity (Wildman–Crippen MR) is 129 cm³/mol. The van der Waals surface area contributed by atoms with Crippen LogP contribution in [0.2, 0.25) is 5.02 Å². The summed E-state index contributed by atoms with van der Waals surface area (Å²) in [5.41, 5.74) is 4.58. The highest BCUT2D eigenvalue weighted by molar-refractivity contribution is 7.20. The lowest BCUT2D eigenvalue weighted by Crippen LogP contribution is -2.25. The highest BCUT2D eigenvalue weighted by Gasteiger charge is 2.23. The minimum Gasteiger partial charge on any atom is -0.321 e. The van der Waals surface area contributed by atoms with Gasteiger partial charge in [0, 0.05) is 35.3 Å². The molecule has 2 aromatic carbocycles. The van der Waals surface area contributed by atoms with Crippen LogP contribution in [0.1, 0.15) is 33.4 Å². The van der Waals surface area contributed by atoms with Gasteiger partial charge in [-0.15, -0.1) is 11.3 Å². The third-order valence-electron chi connectivity index (χ3n) is 5.72. The Morgan fingerprint density at radius 2 is 2.00 bits per heavy atom. The fraction of sp³-hybridized carbons (Fsp3) is 0.208. The summed E-state index contributed by atoms with van der Waals surface area (Å²) in [5.74, 6) is -0.122. The molecule has 4 aromatic rings. The number of benzene rings is 2. The number of carbonyl (C=O) groups excluding carboxylic acids is 2. The van der Waals surface area contributed by atoms with Crippen molar-refractivity contribution in [2.24, 2.45) is 0 Å². The molecule has 0 unspecified atom stereocenters. The molecule has 32 heavy (non-hydrogen) atoms. The van der Waals surface area contributed by atoms with E-state index in [2.05, 4.69) is 10.4 Å². The summed E-state index contributed by atoms with van der Waals surface area (Å²) < 4.78 is 1.90. The largest absolute Gasteiger partial charge is 0.321 e. The summed E-state index contributed by atoms with van der Waals surface area (Å²) in [6.07, 6.45) is 0.790. The van der Waals surface area contributed by atoms with E-state index in [0.29, 0.717) is 23.0 Å². The number of amides is 2. The molecule has 162 valence electrons. The lowest BCUT2D eigenvalue weighted by molar-refractivity contribution is -0.116. The molecule has 0 fully saturated rings. The molecule has 1 aliphatic rings. The first-order valence-electron chi connectivity index (χ1n) is 10.3. The molecule has 3 heterocycles. The fourth-order valence-corrected chi connectivity index (χ4v) is 5.37. The predicted octanol–water partition coefficient (Wildman–Crippen LogP) is 5.27. The Labute approximate surface area is 194 Å². The molecule has 6 nitrogen and oxygen atoms in total. The Morgan fingerprint density at radius 1 is 1.19 bits per heavy atom. The van der Waals surface area contributed by atoms with Gasteiger partial charge in [-0.2, -0.15) is 5.10 Å². The van der Waals surface area contributed by atoms with Crippen LogP contribution in [-0.4, -0.2) is 28.1 Å². The van der Waals surface area contributed by atoms with Crippen molar-refractivity contribution >= 4 is 56.3 Å². The van der Waals surface area contributed by atoms with Gasteiger partial charge in [0.25, 0.3) is 5.91 Å². The first-order chi connectivity index (χ1) is 15.4. The van der Waals surface area contributed by atoms with Crippen LogP contribution in [0.15, 0.2) is 48.5 Å². The topological polar surface area (TPSA) is 67.2 Å². The Bertz CT molecular complexity index is 1370. The highest BCUT2D eigenvalue weighted by Crippen LogP contribution is 2.32. The molecule has 0 bridgehead atoms. The van der Waals surface area contributed by atoms with Gasteiger partial charge in [-0.3, -0.25) is 14.3 Å². The van der Waals surface area contributed by atoms with E-state index < -0.39 is 0 Å². The molecule has 0 radical (unpaired) electrons. The van der Waals surface area contributed by atoms with Gasteiger partial charge in [-0.25, -0.2) is 0 Å². The molecule has 8 heteroatoms. The van der Waals surface area contributed by atoms with Gasteiger partial charge in [0.2, 0.25) is 5.91 Å². The number of thiophene rings is 1. The zero-order valence-corrected chi connectivity index (χ0v) is 19.3. The third kappa shape index (κ3) is 3.67. The Morgan fingerprint density at radius 3 is 2.78 bits per heavy atom. The van der Waals surface area contributed by atoms with E-state index in [1.807, 2.05) is 60.1 Å². The van der Waals surface area contributed by atoms with E-state index in [4.69, 9.17) is 11.6 Å². The molecular formula is C24H21ClN4O2S. The number of fused-ring (bicyclic) bond motifs is 2. The van der Waals surface area contributed by atoms with Crippen LogP contribution < -0.4 is 10.2 Å². The Hall–Kier alpha value is -3.16. The molecule has 2 amide bonds. The van der Waals surface area contributed by atoms with Crippen molar-refractivity contribution in [2.75, 3.05) is 16.8 Å². The molecule has 0 atom stereocenters. The van der Waals surface area contributed by atoms with Gasteiger partial charge >= 0.3 is 0 Å². The number of hydrogen-bond donors (Lipinski definition) is 1. The van der Waals surface area contributed by atoms with Crippen LogP contribution in [0.3, 0.4) is 0 Å². The van der Waals surface area contributed by atoms with Crippen LogP contribution in [-0.2, 0) is 17.8 Å². The van der Waals surface area contributed by atoms with Crippen LogP contribution in [0.5, 0.6) is 0 Å². The van der Waals surface area contributed by atoms with E-state index in [1.165, 1.54) is 11.3 Å². The third-order valence-corrected chi connectivity index (χ3v) is 7.24. The van der Waals surface area contributed by atoms with E-state index in [0.717, 1.165) is 44.8 Å². The van der Waals surface area contributed by atoms with Gasteiger partial charge in [-0.1, -0.05) is 29.8 Å². The van der Waals surface area contributed by atoms with Crippen molar-refractivity contribution in [3.05, 3.63) is 75.3 Å². The number of aromatic nitrogens is 2. The first-order valence-corrected chi connectivity index (χ1v) is 11.5. The maximum absolute atomic E-state index is 13.0. The summed E-state index contributed by atoms with van der Waals surface area (Å²) in [4.78, 5) is 28.1. The second kappa shape index (κ2) is 8.07. The van der Waals surface area contributed by atoms with Crippen molar-refractivity contribution in [1.82, 2.24) is 9.78 Å². The minimum atomic E-state index is -0.156. The SMILES string of the molecule is CC(=O)N1CCc2cc(NC(=O)c3cc4c(C)nn(Cc5ccccc5Cl)c4s3)ccc21. The second-order valence-corrected chi connectivity index (χ2v) is 9.32. The zero-order valence-electron chi connectivity index (χ0n) is 17.7. The minimum absolute atomic E-state index is 0.0343. The normalized spacial score (nSPS) is 12.9. The second-order valence-electron chi connectivity index (χ2n) is 7.88. The van der Waals surface area contributed by atoms with E-state index in [9.17, 15) is 9.59 Å². The van der Waals surface area contributed by atoms with E-state index in [1.54, 1.807) is 11.8 Å². The maximum Gasteiger partial charge on any atom is 0.265 e. The van der Waals surface area contributed by atoms with Crippen molar-refractivity contribution in [2.45, 2.75) is 26.8 Å². The van der Waals surface area contributed by atoms with Gasteiger partial charge in [0.1, 0.15) is 4.83 Å². The van der Waals surface area contributed by atoms with Crippen molar-refractivity contribution in [3.63, 3.8) is 0 Å².